The maximum Gasteiger partial charge on any atom is -0.0200 e. The maximum absolute atomic E-state index is 2.30. The first-order valence-electron chi connectivity index (χ1n) is 4.48. The summed E-state index contributed by atoms with van der Waals surface area (Å²) in [4.78, 5) is 0. The van der Waals surface area contributed by atoms with Gasteiger partial charge in [-0.15, -0.1) is 0 Å². The summed E-state index contributed by atoms with van der Waals surface area (Å²) >= 11 is 0. The van der Waals surface area contributed by atoms with Gasteiger partial charge in [0, 0.05) is 0 Å². The van der Waals surface area contributed by atoms with E-state index in [1.807, 2.05) is 0 Å². The Morgan fingerprint density at radius 2 is 2.10 bits per heavy atom. The van der Waals surface area contributed by atoms with Crippen LogP contribution in [-0.4, -0.2) is 0 Å². The van der Waals surface area contributed by atoms with Gasteiger partial charge in [0.1, 0.15) is 0 Å². The van der Waals surface area contributed by atoms with Crippen molar-refractivity contribution in [3.05, 3.63) is 11.1 Å². The minimum atomic E-state index is 0.935. The molecule has 0 aromatic heterocycles. The monoisotopic (exact) mass is 138 g/mol. The normalized spacial score (nSPS) is 26.1. The number of allylic oxidation sites excluding steroid dienone is 2. The molecule has 0 fully saturated rings. The first-order chi connectivity index (χ1) is 4.79. The second kappa shape index (κ2) is 3.23. The molecule has 0 spiro atoms. The SMILES string of the molecule is CCC1=C(C)CCC1CC. The Balaban J connectivity index is 2.66. The lowest BCUT2D eigenvalue weighted by atomic mass is 9.96. The molecule has 0 nitrogen and oxygen atoms in total. The van der Waals surface area contributed by atoms with E-state index < -0.39 is 0 Å². The van der Waals surface area contributed by atoms with Crippen molar-refractivity contribution in [2.75, 3.05) is 0 Å². The van der Waals surface area contributed by atoms with E-state index in [-0.39, 0.29) is 0 Å². The fourth-order valence-corrected chi connectivity index (χ4v) is 2.11. The molecule has 0 amide bonds. The summed E-state index contributed by atoms with van der Waals surface area (Å²) in [5.41, 5.74) is 3.43. The van der Waals surface area contributed by atoms with Crippen LogP contribution in [0.15, 0.2) is 11.1 Å². The highest BCUT2D eigenvalue weighted by molar-refractivity contribution is 5.20. The molecule has 0 aliphatic heterocycles. The Bertz CT molecular complexity index is 142. The summed E-state index contributed by atoms with van der Waals surface area (Å²) in [7, 11) is 0. The topological polar surface area (TPSA) is 0 Å². The van der Waals surface area contributed by atoms with Crippen molar-refractivity contribution < 1.29 is 0 Å². The van der Waals surface area contributed by atoms with Crippen molar-refractivity contribution in [1.29, 1.82) is 0 Å². The Labute approximate surface area is 64.3 Å². The summed E-state index contributed by atoms with van der Waals surface area (Å²) in [6.45, 7) is 6.89. The summed E-state index contributed by atoms with van der Waals surface area (Å²) in [5.74, 6) is 0.935. The molecule has 0 saturated carbocycles. The van der Waals surface area contributed by atoms with Crippen LogP contribution >= 0.6 is 0 Å². The molecule has 0 heteroatoms. The third-order valence-electron chi connectivity index (χ3n) is 2.78. The van der Waals surface area contributed by atoms with Gasteiger partial charge in [0.2, 0.25) is 0 Å². The zero-order valence-electron chi connectivity index (χ0n) is 7.41. The lowest BCUT2D eigenvalue weighted by molar-refractivity contribution is 0.572. The van der Waals surface area contributed by atoms with Crippen LogP contribution in [0.3, 0.4) is 0 Å². The van der Waals surface area contributed by atoms with E-state index in [2.05, 4.69) is 20.8 Å². The van der Waals surface area contributed by atoms with Crippen LogP contribution in [0.5, 0.6) is 0 Å². The van der Waals surface area contributed by atoms with Crippen LogP contribution < -0.4 is 0 Å². The molecule has 0 saturated heterocycles. The van der Waals surface area contributed by atoms with E-state index in [1.54, 1.807) is 11.1 Å². The van der Waals surface area contributed by atoms with Gasteiger partial charge in [-0.25, -0.2) is 0 Å². The second-order valence-corrected chi connectivity index (χ2v) is 3.30. The molecular formula is C10H18. The third-order valence-corrected chi connectivity index (χ3v) is 2.78. The highest BCUT2D eigenvalue weighted by Gasteiger charge is 2.19. The van der Waals surface area contributed by atoms with Crippen LogP contribution in [0, 0.1) is 5.92 Å². The van der Waals surface area contributed by atoms with Gasteiger partial charge in [-0.05, 0) is 38.5 Å². The molecule has 1 aliphatic rings. The van der Waals surface area contributed by atoms with Crippen molar-refractivity contribution in [1.82, 2.24) is 0 Å². The van der Waals surface area contributed by atoms with Crippen molar-refractivity contribution in [3.8, 4) is 0 Å². The van der Waals surface area contributed by atoms with E-state index in [4.69, 9.17) is 0 Å². The van der Waals surface area contributed by atoms with Crippen LogP contribution in [0.25, 0.3) is 0 Å². The quantitative estimate of drug-likeness (QED) is 0.512. The Kier molecular flexibility index (Phi) is 2.53. The standard InChI is InChI=1S/C10H18/c1-4-9-7-6-8(3)10(9)5-2/h9H,4-7H2,1-3H3. The minimum absolute atomic E-state index is 0.935. The van der Waals surface area contributed by atoms with E-state index in [9.17, 15) is 0 Å². The minimum Gasteiger partial charge on any atom is -0.0738 e. The van der Waals surface area contributed by atoms with Gasteiger partial charge in [-0.1, -0.05) is 25.0 Å². The van der Waals surface area contributed by atoms with Crippen molar-refractivity contribution >= 4 is 0 Å². The molecule has 1 rings (SSSR count). The largest absolute Gasteiger partial charge is 0.0738 e. The van der Waals surface area contributed by atoms with Crippen molar-refractivity contribution in [3.63, 3.8) is 0 Å². The molecule has 58 valence electrons. The summed E-state index contributed by atoms with van der Waals surface area (Å²) in [6, 6.07) is 0. The molecule has 10 heavy (non-hydrogen) atoms. The Morgan fingerprint density at radius 1 is 1.40 bits per heavy atom. The highest BCUT2D eigenvalue weighted by atomic mass is 14.2. The summed E-state index contributed by atoms with van der Waals surface area (Å²) < 4.78 is 0. The summed E-state index contributed by atoms with van der Waals surface area (Å²) in [6.07, 6.45) is 5.41. The molecule has 0 N–H and O–H groups in total. The lowest BCUT2D eigenvalue weighted by Gasteiger charge is -2.09. The van der Waals surface area contributed by atoms with Gasteiger partial charge < -0.3 is 0 Å². The van der Waals surface area contributed by atoms with Crippen LogP contribution in [0.1, 0.15) is 46.5 Å². The lowest BCUT2D eigenvalue weighted by Crippen LogP contribution is -1.95. The molecule has 0 aromatic rings. The van der Waals surface area contributed by atoms with Gasteiger partial charge in [-0.3, -0.25) is 0 Å². The molecule has 1 atom stereocenters. The van der Waals surface area contributed by atoms with Crippen molar-refractivity contribution in [2.45, 2.75) is 46.5 Å². The molecular weight excluding hydrogens is 120 g/mol. The van der Waals surface area contributed by atoms with Crippen LogP contribution in [-0.2, 0) is 0 Å². The van der Waals surface area contributed by atoms with Gasteiger partial charge in [0.05, 0.1) is 0 Å². The van der Waals surface area contributed by atoms with Crippen LogP contribution in [0.4, 0.5) is 0 Å². The molecule has 1 aliphatic carbocycles. The summed E-state index contributed by atoms with van der Waals surface area (Å²) in [5, 5.41) is 0. The predicted octanol–water partition coefficient (Wildman–Crippen LogP) is 3.53. The van der Waals surface area contributed by atoms with Gasteiger partial charge >= 0.3 is 0 Å². The third kappa shape index (κ3) is 1.25. The Hall–Kier alpha value is -0.260. The fourth-order valence-electron chi connectivity index (χ4n) is 2.11. The predicted molar refractivity (Wildman–Crippen MR) is 46.0 cm³/mol. The fraction of sp³-hybridized carbons (Fsp3) is 0.800. The molecule has 0 aromatic carbocycles. The Morgan fingerprint density at radius 3 is 2.50 bits per heavy atom. The van der Waals surface area contributed by atoms with E-state index in [0.717, 1.165) is 5.92 Å². The van der Waals surface area contributed by atoms with Gasteiger partial charge in [-0.2, -0.15) is 0 Å². The number of hydrogen-bond donors (Lipinski definition) is 0. The van der Waals surface area contributed by atoms with Gasteiger partial charge in [0.25, 0.3) is 0 Å². The number of rotatable bonds is 2. The second-order valence-electron chi connectivity index (χ2n) is 3.30. The molecule has 1 unspecified atom stereocenters. The van der Waals surface area contributed by atoms with Crippen LogP contribution in [0.2, 0.25) is 0 Å². The van der Waals surface area contributed by atoms with Gasteiger partial charge in [0.15, 0.2) is 0 Å². The molecule has 0 radical (unpaired) electrons. The highest BCUT2D eigenvalue weighted by Crippen LogP contribution is 2.35. The van der Waals surface area contributed by atoms with E-state index in [1.165, 1.54) is 25.7 Å². The zero-order chi connectivity index (χ0) is 7.56. The van der Waals surface area contributed by atoms with Crippen molar-refractivity contribution in [2.24, 2.45) is 5.92 Å². The smallest absolute Gasteiger partial charge is 0.0200 e. The average Bonchev–Trinajstić information content (AvgIpc) is 2.30. The first-order valence-corrected chi connectivity index (χ1v) is 4.48. The first kappa shape index (κ1) is 7.84. The maximum atomic E-state index is 2.30. The zero-order valence-corrected chi connectivity index (χ0v) is 7.41. The average molecular weight is 138 g/mol. The van der Waals surface area contributed by atoms with E-state index >= 15 is 0 Å². The molecule has 0 bridgehead atoms. The number of hydrogen-bond acceptors (Lipinski definition) is 0. The molecule has 0 heterocycles. The van der Waals surface area contributed by atoms with E-state index in [0.29, 0.717) is 0 Å².